The topological polar surface area (TPSA) is 74.0 Å². The van der Waals surface area contributed by atoms with Crippen molar-refractivity contribution in [2.45, 2.75) is 13.0 Å². The SMILES string of the molecule is CC(N)c1ccccc1-c1nn(C)c(=O)o1. The van der Waals surface area contributed by atoms with Crippen molar-refractivity contribution in [2.75, 3.05) is 0 Å². The van der Waals surface area contributed by atoms with Crippen LogP contribution in [0.5, 0.6) is 0 Å². The highest BCUT2D eigenvalue weighted by Gasteiger charge is 2.13. The van der Waals surface area contributed by atoms with Gasteiger partial charge in [-0.2, -0.15) is 4.68 Å². The first-order valence-corrected chi connectivity index (χ1v) is 4.98. The van der Waals surface area contributed by atoms with Crippen molar-refractivity contribution >= 4 is 0 Å². The summed E-state index contributed by atoms with van der Waals surface area (Å²) in [7, 11) is 1.55. The van der Waals surface area contributed by atoms with Crippen LogP contribution in [0, 0.1) is 0 Å². The standard InChI is InChI=1S/C11H13N3O2/c1-7(12)8-5-3-4-6-9(8)10-13-14(2)11(15)16-10/h3-7H,12H2,1-2H3. The lowest BCUT2D eigenvalue weighted by Crippen LogP contribution is -2.09. The molecule has 0 aliphatic carbocycles. The zero-order chi connectivity index (χ0) is 11.7. The average molecular weight is 219 g/mol. The molecule has 0 bridgehead atoms. The summed E-state index contributed by atoms with van der Waals surface area (Å²) in [6.07, 6.45) is 0. The van der Waals surface area contributed by atoms with E-state index in [9.17, 15) is 4.79 Å². The van der Waals surface area contributed by atoms with E-state index >= 15 is 0 Å². The normalized spacial score (nSPS) is 12.7. The third-order valence-electron chi connectivity index (χ3n) is 2.37. The molecule has 16 heavy (non-hydrogen) atoms. The second kappa shape index (κ2) is 3.94. The third-order valence-corrected chi connectivity index (χ3v) is 2.37. The number of benzene rings is 1. The minimum absolute atomic E-state index is 0.136. The van der Waals surface area contributed by atoms with Gasteiger partial charge in [-0.15, -0.1) is 5.10 Å². The largest absolute Gasteiger partial charge is 0.437 e. The fourth-order valence-corrected chi connectivity index (χ4v) is 1.54. The maximum Gasteiger partial charge on any atom is 0.437 e. The highest BCUT2D eigenvalue weighted by atomic mass is 16.4. The second-order valence-corrected chi connectivity index (χ2v) is 3.67. The monoisotopic (exact) mass is 219 g/mol. The molecule has 0 aliphatic heterocycles. The van der Waals surface area contributed by atoms with E-state index in [1.165, 1.54) is 0 Å². The van der Waals surface area contributed by atoms with Crippen LogP contribution in [-0.2, 0) is 7.05 Å². The van der Waals surface area contributed by atoms with Crippen LogP contribution >= 0.6 is 0 Å². The van der Waals surface area contributed by atoms with Crippen molar-refractivity contribution in [3.63, 3.8) is 0 Å². The first kappa shape index (κ1) is 10.6. The van der Waals surface area contributed by atoms with Gasteiger partial charge in [-0.3, -0.25) is 0 Å². The van der Waals surface area contributed by atoms with Gasteiger partial charge in [0.25, 0.3) is 0 Å². The number of hydrogen-bond donors (Lipinski definition) is 1. The van der Waals surface area contributed by atoms with Crippen molar-refractivity contribution in [1.82, 2.24) is 9.78 Å². The molecule has 5 heteroatoms. The van der Waals surface area contributed by atoms with E-state index in [0.717, 1.165) is 15.8 Å². The van der Waals surface area contributed by atoms with Gasteiger partial charge in [-0.05, 0) is 18.6 Å². The van der Waals surface area contributed by atoms with Crippen LogP contribution in [0.2, 0.25) is 0 Å². The molecule has 1 unspecified atom stereocenters. The molecule has 2 rings (SSSR count). The van der Waals surface area contributed by atoms with E-state index in [0.29, 0.717) is 5.89 Å². The van der Waals surface area contributed by atoms with Gasteiger partial charge in [0.15, 0.2) is 0 Å². The summed E-state index contributed by atoms with van der Waals surface area (Å²) < 4.78 is 6.19. The zero-order valence-electron chi connectivity index (χ0n) is 9.18. The Kier molecular flexibility index (Phi) is 2.62. The van der Waals surface area contributed by atoms with Crippen LogP contribution in [0.15, 0.2) is 33.5 Å². The number of nitrogens with two attached hydrogens (primary N) is 1. The minimum atomic E-state index is -0.477. The fourth-order valence-electron chi connectivity index (χ4n) is 1.54. The Hall–Kier alpha value is -1.88. The smallest absolute Gasteiger partial charge is 0.388 e. The Labute approximate surface area is 92.5 Å². The van der Waals surface area contributed by atoms with Gasteiger partial charge in [0, 0.05) is 18.7 Å². The Balaban J connectivity index is 2.59. The molecule has 2 aromatic rings. The maximum atomic E-state index is 11.2. The molecule has 1 aromatic carbocycles. The van der Waals surface area contributed by atoms with Crippen molar-refractivity contribution < 1.29 is 4.42 Å². The lowest BCUT2D eigenvalue weighted by Gasteiger charge is -2.08. The van der Waals surface area contributed by atoms with E-state index in [4.69, 9.17) is 10.2 Å². The average Bonchev–Trinajstić information content (AvgIpc) is 2.59. The van der Waals surface area contributed by atoms with E-state index in [1.807, 2.05) is 31.2 Å². The summed E-state index contributed by atoms with van der Waals surface area (Å²) in [6.45, 7) is 1.87. The molecule has 1 heterocycles. The third kappa shape index (κ3) is 1.77. The van der Waals surface area contributed by atoms with Gasteiger partial charge in [0.1, 0.15) is 0 Å². The Morgan fingerprint density at radius 1 is 1.44 bits per heavy atom. The molecule has 5 nitrogen and oxygen atoms in total. The van der Waals surface area contributed by atoms with Gasteiger partial charge in [-0.25, -0.2) is 4.79 Å². The summed E-state index contributed by atoms with van der Waals surface area (Å²) in [5.74, 6) is -0.171. The predicted molar refractivity (Wildman–Crippen MR) is 59.8 cm³/mol. The van der Waals surface area contributed by atoms with Crippen molar-refractivity contribution in [3.8, 4) is 11.5 Å². The Bertz CT molecular complexity index is 554. The molecule has 1 aromatic heterocycles. The molecule has 1 atom stereocenters. The minimum Gasteiger partial charge on any atom is -0.388 e. The maximum absolute atomic E-state index is 11.2. The van der Waals surface area contributed by atoms with Crippen molar-refractivity contribution in [2.24, 2.45) is 12.8 Å². The summed E-state index contributed by atoms with van der Waals surface area (Å²) >= 11 is 0. The van der Waals surface area contributed by atoms with E-state index in [2.05, 4.69) is 5.10 Å². The molecule has 0 saturated heterocycles. The lowest BCUT2D eigenvalue weighted by molar-refractivity contribution is 0.504. The fraction of sp³-hybridized carbons (Fsp3) is 0.273. The van der Waals surface area contributed by atoms with Gasteiger partial charge in [0.2, 0.25) is 5.89 Å². The molecule has 84 valence electrons. The first-order chi connectivity index (χ1) is 7.59. The molecule has 2 N–H and O–H groups in total. The molecule has 0 spiro atoms. The second-order valence-electron chi connectivity index (χ2n) is 3.67. The summed E-state index contributed by atoms with van der Waals surface area (Å²) in [6, 6.07) is 7.35. The van der Waals surface area contributed by atoms with Crippen molar-refractivity contribution in [1.29, 1.82) is 0 Å². The Morgan fingerprint density at radius 3 is 2.69 bits per heavy atom. The van der Waals surface area contributed by atoms with Gasteiger partial charge >= 0.3 is 5.76 Å². The summed E-state index contributed by atoms with van der Waals surface area (Å²) in [5, 5.41) is 4.01. The van der Waals surface area contributed by atoms with Crippen LogP contribution in [-0.4, -0.2) is 9.78 Å². The van der Waals surface area contributed by atoms with Gasteiger partial charge in [-0.1, -0.05) is 18.2 Å². The van der Waals surface area contributed by atoms with Gasteiger partial charge < -0.3 is 10.2 Å². The molecule has 0 amide bonds. The van der Waals surface area contributed by atoms with Gasteiger partial charge in [0.05, 0.1) is 0 Å². The quantitative estimate of drug-likeness (QED) is 0.819. The summed E-state index contributed by atoms with van der Waals surface area (Å²) in [4.78, 5) is 11.2. The number of aryl methyl sites for hydroxylation is 1. The highest BCUT2D eigenvalue weighted by molar-refractivity contribution is 5.58. The first-order valence-electron chi connectivity index (χ1n) is 4.98. The number of nitrogens with zero attached hydrogens (tertiary/aromatic N) is 2. The van der Waals surface area contributed by atoms with Crippen LogP contribution in [0.25, 0.3) is 11.5 Å². The zero-order valence-corrected chi connectivity index (χ0v) is 9.18. The molecule has 0 aliphatic rings. The molecule has 0 saturated carbocycles. The number of rotatable bonds is 2. The number of aromatic nitrogens is 2. The van der Waals surface area contributed by atoms with Crippen LogP contribution in [0.4, 0.5) is 0 Å². The molecular weight excluding hydrogens is 206 g/mol. The lowest BCUT2D eigenvalue weighted by atomic mass is 10.0. The molecule has 0 radical (unpaired) electrons. The highest BCUT2D eigenvalue weighted by Crippen LogP contribution is 2.24. The van der Waals surface area contributed by atoms with E-state index < -0.39 is 5.76 Å². The van der Waals surface area contributed by atoms with Crippen LogP contribution < -0.4 is 11.5 Å². The Morgan fingerprint density at radius 2 is 2.12 bits per heavy atom. The van der Waals surface area contributed by atoms with Crippen LogP contribution in [0.1, 0.15) is 18.5 Å². The predicted octanol–water partition coefficient (Wildman–Crippen LogP) is 1.06. The molecular formula is C11H13N3O2. The molecule has 0 fully saturated rings. The number of hydrogen-bond acceptors (Lipinski definition) is 4. The van der Waals surface area contributed by atoms with E-state index in [1.54, 1.807) is 7.05 Å². The summed E-state index contributed by atoms with van der Waals surface area (Å²) in [5.41, 5.74) is 7.51. The van der Waals surface area contributed by atoms with Crippen LogP contribution in [0.3, 0.4) is 0 Å². The van der Waals surface area contributed by atoms with E-state index in [-0.39, 0.29) is 6.04 Å². The van der Waals surface area contributed by atoms with Crippen molar-refractivity contribution in [3.05, 3.63) is 40.4 Å².